The van der Waals surface area contributed by atoms with Crippen molar-refractivity contribution in [3.05, 3.63) is 0 Å². The van der Waals surface area contributed by atoms with Crippen molar-refractivity contribution >= 4 is 0 Å². The molecule has 0 saturated carbocycles. The van der Waals surface area contributed by atoms with Gasteiger partial charge in [-0.05, 0) is 24.3 Å². The molecular formula is C11H21NO. The number of hydrogen-bond acceptors (Lipinski definition) is 2. The van der Waals surface area contributed by atoms with Crippen LogP contribution in [0.15, 0.2) is 0 Å². The van der Waals surface area contributed by atoms with E-state index in [4.69, 9.17) is 4.74 Å². The number of rotatable bonds is 2. The molecule has 2 heterocycles. The Morgan fingerprint density at radius 2 is 2.08 bits per heavy atom. The summed E-state index contributed by atoms with van der Waals surface area (Å²) in [6.45, 7) is 11.8. The van der Waals surface area contributed by atoms with E-state index in [1.807, 2.05) is 0 Å². The SMILES string of the molecule is CC(C)(C)C1CCN(C[C@@H]2CO2)C1. The van der Waals surface area contributed by atoms with Gasteiger partial charge in [0, 0.05) is 13.1 Å². The second-order valence-electron chi connectivity index (χ2n) is 5.57. The predicted octanol–water partition coefficient (Wildman–Crippen LogP) is 1.75. The maximum atomic E-state index is 5.25. The van der Waals surface area contributed by atoms with Crippen LogP contribution in [-0.2, 0) is 4.74 Å². The first-order chi connectivity index (χ1) is 6.05. The Morgan fingerprint density at radius 3 is 2.54 bits per heavy atom. The zero-order valence-electron chi connectivity index (χ0n) is 9.05. The average Bonchev–Trinajstić information content (AvgIpc) is 2.63. The van der Waals surface area contributed by atoms with Gasteiger partial charge in [0.25, 0.3) is 0 Å². The molecule has 0 bridgehead atoms. The van der Waals surface area contributed by atoms with E-state index in [1.54, 1.807) is 0 Å². The van der Waals surface area contributed by atoms with Crippen LogP contribution in [0.25, 0.3) is 0 Å². The molecule has 0 aromatic rings. The van der Waals surface area contributed by atoms with Gasteiger partial charge in [0.15, 0.2) is 0 Å². The molecule has 0 aromatic carbocycles. The first-order valence-corrected chi connectivity index (χ1v) is 5.39. The molecule has 2 aliphatic rings. The van der Waals surface area contributed by atoms with E-state index in [1.165, 1.54) is 26.1 Å². The maximum Gasteiger partial charge on any atom is 0.0936 e. The third-order valence-electron chi connectivity index (χ3n) is 3.36. The van der Waals surface area contributed by atoms with Crippen LogP contribution >= 0.6 is 0 Å². The Hall–Kier alpha value is -0.0800. The van der Waals surface area contributed by atoms with Crippen LogP contribution in [-0.4, -0.2) is 37.2 Å². The molecule has 0 aliphatic carbocycles. The Kier molecular flexibility index (Phi) is 2.37. The molecule has 2 atom stereocenters. The minimum atomic E-state index is 0.485. The summed E-state index contributed by atoms with van der Waals surface area (Å²) in [6.07, 6.45) is 1.94. The monoisotopic (exact) mass is 183 g/mol. The highest BCUT2D eigenvalue weighted by atomic mass is 16.6. The van der Waals surface area contributed by atoms with Gasteiger partial charge in [-0.1, -0.05) is 20.8 Å². The van der Waals surface area contributed by atoms with Gasteiger partial charge in [0.1, 0.15) is 0 Å². The molecule has 0 radical (unpaired) electrons. The van der Waals surface area contributed by atoms with Crippen LogP contribution < -0.4 is 0 Å². The number of likely N-dealkylation sites (tertiary alicyclic amines) is 1. The fourth-order valence-corrected chi connectivity index (χ4v) is 2.17. The number of ether oxygens (including phenoxy) is 1. The lowest BCUT2D eigenvalue weighted by atomic mass is 9.80. The molecule has 2 heteroatoms. The van der Waals surface area contributed by atoms with Crippen molar-refractivity contribution in [3.8, 4) is 0 Å². The van der Waals surface area contributed by atoms with Gasteiger partial charge >= 0.3 is 0 Å². The fraction of sp³-hybridized carbons (Fsp3) is 1.00. The third kappa shape index (κ3) is 2.44. The topological polar surface area (TPSA) is 15.8 Å². The van der Waals surface area contributed by atoms with E-state index in [9.17, 15) is 0 Å². The van der Waals surface area contributed by atoms with Crippen molar-refractivity contribution in [1.29, 1.82) is 0 Å². The molecule has 1 unspecified atom stereocenters. The van der Waals surface area contributed by atoms with E-state index in [0.717, 1.165) is 12.5 Å². The van der Waals surface area contributed by atoms with Crippen LogP contribution in [0.1, 0.15) is 27.2 Å². The Morgan fingerprint density at radius 1 is 1.38 bits per heavy atom. The Labute approximate surface area is 81.3 Å². The molecule has 0 N–H and O–H groups in total. The maximum absolute atomic E-state index is 5.25. The van der Waals surface area contributed by atoms with Crippen LogP contribution in [0.3, 0.4) is 0 Å². The number of epoxide rings is 1. The standard InChI is InChI=1S/C11H21NO/c1-11(2,3)9-4-5-12(6-9)7-10-8-13-10/h9-10H,4-8H2,1-3H3/t9?,10-/m1/s1. The van der Waals surface area contributed by atoms with Gasteiger partial charge < -0.3 is 9.64 Å². The second kappa shape index (κ2) is 3.25. The summed E-state index contributed by atoms with van der Waals surface area (Å²) in [4.78, 5) is 2.56. The average molecular weight is 183 g/mol. The Balaban J connectivity index is 1.79. The van der Waals surface area contributed by atoms with E-state index in [2.05, 4.69) is 25.7 Å². The lowest BCUT2D eigenvalue weighted by molar-refractivity contribution is 0.220. The molecule has 2 nitrogen and oxygen atoms in total. The van der Waals surface area contributed by atoms with E-state index >= 15 is 0 Å². The number of hydrogen-bond donors (Lipinski definition) is 0. The highest BCUT2D eigenvalue weighted by molar-refractivity contribution is 4.86. The summed E-state index contributed by atoms with van der Waals surface area (Å²) in [6, 6.07) is 0. The second-order valence-corrected chi connectivity index (χ2v) is 5.57. The van der Waals surface area contributed by atoms with E-state index < -0.39 is 0 Å². The summed E-state index contributed by atoms with van der Waals surface area (Å²) < 4.78 is 5.25. The van der Waals surface area contributed by atoms with Crippen molar-refractivity contribution in [3.63, 3.8) is 0 Å². The van der Waals surface area contributed by atoms with Crippen LogP contribution in [0, 0.1) is 11.3 Å². The van der Waals surface area contributed by atoms with Crippen molar-refractivity contribution in [2.24, 2.45) is 11.3 Å². The van der Waals surface area contributed by atoms with Crippen molar-refractivity contribution < 1.29 is 4.74 Å². The predicted molar refractivity (Wildman–Crippen MR) is 53.7 cm³/mol. The van der Waals surface area contributed by atoms with Gasteiger partial charge in [-0.2, -0.15) is 0 Å². The van der Waals surface area contributed by atoms with Crippen LogP contribution in [0.2, 0.25) is 0 Å². The first kappa shape index (κ1) is 9.47. The largest absolute Gasteiger partial charge is 0.372 e. The molecule has 13 heavy (non-hydrogen) atoms. The molecule has 2 rings (SSSR count). The van der Waals surface area contributed by atoms with Crippen molar-refractivity contribution in [2.45, 2.75) is 33.3 Å². The normalized spacial score (nSPS) is 35.3. The number of nitrogens with zero attached hydrogens (tertiary/aromatic N) is 1. The molecule has 0 amide bonds. The van der Waals surface area contributed by atoms with E-state index in [-0.39, 0.29) is 0 Å². The summed E-state index contributed by atoms with van der Waals surface area (Å²) in [7, 11) is 0. The van der Waals surface area contributed by atoms with Crippen molar-refractivity contribution in [1.82, 2.24) is 4.90 Å². The minimum Gasteiger partial charge on any atom is -0.372 e. The smallest absolute Gasteiger partial charge is 0.0936 e. The van der Waals surface area contributed by atoms with Gasteiger partial charge in [-0.25, -0.2) is 0 Å². The molecule has 0 aromatic heterocycles. The third-order valence-corrected chi connectivity index (χ3v) is 3.36. The fourth-order valence-electron chi connectivity index (χ4n) is 2.17. The molecule has 2 saturated heterocycles. The van der Waals surface area contributed by atoms with Crippen molar-refractivity contribution in [2.75, 3.05) is 26.2 Å². The summed E-state index contributed by atoms with van der Waals surface area (Å²) in [5.41, 5.74) is 0.485. The first-order valence-electron chi connectivity index (χ1n) is 5.39. The minimum absolute atomic E-state index is 0.485. The lowest BCUT2D eigenvalue weighted by Crippen LogP contribution is -2.28. The lowest BCUT2D eigenvalue weighted by Gasteiger charge is -2.26. The molecule has 0 spiro atoms. The molecule has 2 aliphatic heterocycles. The van der Waals surface area contributed by atoms with Gasteiger partial charge in [-0.15, -0.1) is 0 Å². The quantitative estimate of drug-likeness (QED) is 0.606. The van der Waals surface area contributed by atoms with Gasteiger partial charge in [0.05, 0.1) is 12.7 Å². The van der Waals surface area contributed by atoms with Crippen LogP contribution in [0.4, 0.5) is 0 Å². The Bertz CT molecular complexity index is 181. The highest BCUT2D eigenvalue weighted by Crippen LogP contribution is 2.33. The van der Waals surface area contributed by atoms with E-state index in [0.29, 0.717) is 11.5 Å². The zero-order chi connectivity index (χ0) is 9.47. The van der Waals surface area contributed by atoms with Crippen LogP contribution in [0.5, 0.6) is 0 Å². The molecule has 2 fully saturated rings. The summed E-state index contributed by atoms with van der Waals surface area (Å²) in [5, 5.41) is 0. The zero-order valence-corrected chi connectivity index (χ0v) is 9.05. The van der Waals surface area contributed by atoms with Gasteiger partial charge in [0.2, 0.25) is 0 Å². The molecule has 76 valence electrons. The molecular weight excluding hydrogens is 162 g/mol. The van der Waals surface area contributed by atoms with Gasteiger partial charge in [-0.3, -0.25) is 0 Å². The highest BCUT2D eigenvalue weighted by Gasteiger charge is 2.34. The summed E-state index contributed by atoms with van der Waals surface area (Å²) in [5.74, 6) is 0.881. The summed E-state index contributed by atoms with van der Waals surface area (Å²) >= 11 is 0.